The molecular formula is C16H13F8N3O2. The zero-order chi connectivity index (χ0) is 22.4. The van der Waals surface area contributed by atoms with Gasteiger partial charge in [-0.3, -0.25) is 9.48 Å². The number of hydrogen-bond donors (Lipinski definition) is 1. The number of aromatic nitrogens is 2. The number of nitrogens with two attached hydrogens (primary N) is 1. The van der Waals surface area contributed by atoms with E-state index in [1.165, 1.54) is 12.1 Å². The summed E-state index contributed by atoms with van der Waals surface area (Å²) in [4.78, 5) is 12.5. The Morgan fingerprint density at radius 3 is 2.21 bits per heavy atom. The Kier molecular flexibility index (Phi) is 5.56. The second kappa shape index (κ2) is 7.19. The number of alkyl halides is 8. The molecule has 0 unspecified atom stereocenters. The zero-order valence-corrected chi connectivity index (χ0v) is 14.8. The summed E-state index contributed by atoms with van der Waals surface area (Å²) in [6.45, 7) is 0. The van der Waals surface area contributed by atoms with Crippen LogP contribution in [0.4, 0.5) is 40.8 Å². The summed E-state index contributed by atoms with van der Waals surface area (Å²) in [5, 5.41) is 2.74. The van der Waals surface area contributed by atoms with Gasteiger partial charge >= 0.3 is 18.3 Å². The van der Waals surface area contributed by atoms with Crippen LogP contribution in [0.2, 0.25) is 0 Å². The van der Waals surface area contributed by atoms with Gasteiger partial charge in [0.05, 0.1) is 30.5 Å². The number of Topliss-reactive ketones (excluding diaryl/α,β-unsaturated/α-hetero) is 1. The van der Waals surface area contributed by atoms with E-state index in [0.29, 0.717) is 0 Å². The van der Waals surface area contributed by atoms with E-state index in [-0.39, 0.29) is 21.7 Å². The third kappa shape index (κ3) is 3.98. The number of para-hydroxylation sites is 1. The molecule has 1 heterocycles. The Morgan fingerprint density at radius 1 is 1.14 bits per heavy atom. The minimum Gasteiger partial charge on any atom is -0.494 e. The highest BCUT2D eigenvalue weighted by Gasteiger charge is 2.64. The highest BCUT2D eigenvalue weighted by Crippen LogP contribution is 2.48. The Morgan fingerprint density at radius 2 is 1.72 bits per heavy atom. The summed E-state index contributed by atoms with van der Waals surface area (Å²) in [6.07, 6.45) is -13.1. The van der Waals surface area contributed by atoms with Crippen molar-refractivity contribution in [1.82, 2.24) is 9.78 Å². The predicted octanol–water partition coefficient (Wildman–Crippen LogP) is 4.11. The van der Waals surface area contributed by atoms with Crippen molar-refractivity contribution < 1.29 is 44.7 Å². The van der Waals surface area contributed by atoms with Crippen molar-refractivity contribution >= 4 is 11.5 Å². The van der Waals surface area contributed by atoms with Crippen LogP contribution < -0.4 is 10.5 Å². The van der Waals surface area contributed by atoms with Gasteiger partial charge in [-0.15, -0.1) is 0 Å². The maximum absolute atomic E-state index is 13.7. The molecule has 0 fully saturated rings. The number of hydrogen-bond acceptors (Lipinski definition) is 4. The first-order valence-electron chi connectivity index (χ1n) is 7.66. The van der Waals surface area contributed by atoms with E-state index in [1.807, 2.05) is 0 Å². The second-order valence-electron chi connectivity index (χ2n) is 5.89. The molecule has 0 atom stereocenters. The maximum atomic E-state index is 13.7. The highest BCUT2D eigenvalue weighted by molar-refractivity contribution is 6.01. The molecule has 0 radical (unpaired) electrons. The Labute approximate surface area is 158 Å². The number of ether oxygens (including phenoxy) is 1. The summed E-state index contributed by atoms with van der Waals surface area (Å²) >= 11 is 0. The maximum Gasteiger partial charge on any atom is 0.459 e. The molecule has 2 aromatic rings. The average Bonchev–Trinajstić information content (AvgIpc) is 2.90. The fraction of sp³-hybridized carbons (Fsp3) is 0.375. The molecule has 13 heteroatoms. The van der Waals surface area contributed by atoms with Crippen LogP contribution in [0, 0.1) is 0 Å². The first kappa shape index (κ1) is 22.4. The topological polar surface area (TPSA) is 70.1 Å². The third-order valence-corrected chi connectivity index (χ3v) is 3.98. The monoisotopic (exact) mass is 431 g/mol. The molecule has 5 nitrogen and oxygen atoms in total. The minimum absolute atomic E-state index is 0.0244. The van der Waals surface area contributed by atoms with Crippen molar-refractivity contribution in [2.75, 3.05) is 12.8 Å². The number of benzene rings is 1. The molecule has 0 saturated heterocycles. The lowest BCUT2D eigenvalue weighted by Crippen LogP contribution is -2.36. The fourth-order valence-corrected chi connectivity index (χ4v) is 2.66. The van der Waals surface area contributed by atoms with E-state index in [4.69, 9.17) is 10.5 Å². The van der Waals surface area contributed by atoms with Crippen LogP contribution in [0.5, 0.6) is 5.75 Å². The molecule has 0 bridgehead atoms. The van der Waals surface area contributed by atoms with Crippen LogP contribution in [0.1, 0.15) is 27.3 Å². The summed E-state index contributed by atoms with van der Waals surface area (Å²) in [5.41, 5.74) is -0.702. The van der Waals surface area contributed by atoms with E-state index >= 15 is 0 Å². The molecule has 160 valence electrons. The van der Waals surface area contributed by atoms with Gasteiger partial charge in [-0.05, 0) is 12.1 Å². The summed E-state index contributed by atoms with van der Waals surface area (Å²) in [6, 6.07) is 3.79. The number of nitrogens with zero attached hydrogens (tertiary/aromatic N) is 2. The molecule has 0 aliphatic carbocycles. The summed E-state index contributed by atoms with van der Waals surface area (Å²) in [5.74, 6) is -7.11. The number of nitrogen functional groups attached to an aromatic ring is 1. The van der Waals surface area contributed by atoms with Gasteiger partial charge < -0.3 is 10.5 Å². The van der Waals surface area contributed by atoms with Gasteiger partial charge in [-0.1, -0.05) is 6.07 Å². The molecule has 1 aromatic carbocycles. The number of ketones is 1. The Bertz CT molecular complexity index is 931. The molecular weight excluding hydrogens is 418 g/mol. The normalized spacial score (nSPS) is 12.9. The van der Waals surface area contributed by atoms with Gasteiger partial charge in [-0.25, -0.2) is 0 Å². The number of methoxy groups -OCH3 is 1. The smallest absolute Gasteiger partial charge is 0.459 e. The van der Waals surface area contributed by atoms with Gasteiger partial charge in [0.15, 0.2) is 17.2 Å². The van der Waals surface area contributed by atoms with Gasteiger partial charge in [0, 0.05) is 7.05 Å². The predicted molar refractivity (Wildman–Crippen MR) is 83.6 cm³/mol. The van der Waals surface area contributed by atoms with Crippen LogP contribution in [0.3, 0.4) is 0 Å². The average molecular weight is 431 g/mol. The number of anilines is 1. The Balaban J connectivity index is 2.63. The van der Waals surface area contributed by atoms with Crippen LogP contribution in [0.15, 0.2) is 18.2 Å². The van der Waals surface area contributed by atoms with E-state index < -0.39 is 47.4 Å². The molecule has 29 heavy (non-hydrogen) atoms. The quantitative estimate of drug-likeness (QED) is 0.440. The van der Waals surface area contributed by atoms with Gasteiger partial charge in [0.1, 0.15) is 5.56 Å². The first-order chi connectivity index (χ1) is 13.1. The number of rotatable bonds is 5. The van der Waals surface area contributed by atoms with Crippen molar-refractivity contribution in [2.45, 2.75) is 24.7 Å². The number of carbonyl (C=O) groups is 1. The van der Waals surface area contributed by atoms with E-state index in [9.17, 15) is 39.9 Å². The largest absolute Gasteiger partial charge is 0.494 e. The van der Waals surface area contributed by atoms with Gasteiger partial charge in [0.25, 0.3) is 0 Å². The van der Waals surface area contributed by atoms with Crippen LogP contribution >= 0.6 is 0 Å². The molecule has 0 aliphatic rings. The number of aryl methyl sites for hydroxylation is 1. The van der Waals surface area contributed by atoms with Gasteiger partial charge in [0.2, 0.25) is 0 Å². The van der Waals surface area contributed by atoms with Gasteiger partial charge in [-0.2, -0.15) is 40.2 Å². The second-order valence-corrected chi connectivity index (χ2v) is 5.89. The van der Waals surface area contributed by atoms with Crippen molar-refractivity contribution in [3.63, 3.8) is 0 Å². The lowest BCUT2D eigenvalue weighted by atomic mass is 10.00. The van der Waals surface area contributed by atoms with Crippen LogP contribution in [0.25, 0.3) is 0 Å². The minimum atomic E-state index is -6.32. The lowest BCUT2D eigenvalue weighted by Gasteiger charge is -2.20. The number of carbonyl (C=O) groups excluding carboxylic acids is 1. The van der Waals surface area contributed by atoms with E-state index in [1.54, 1.807) is 0 Å². The molecule has 0 aliphatic heterocycles. The van der Waals surface area contributed by atoms with Crippen LogP contribution in [-0.2, 0) is 25.6 Å². The lowest BCUT2D eigenvalue weighted by molar-refractivity contribution is -0.292. The fourth-order valence-electron chi connectivity index (χ4n) is 2.66. The molecule has 2 N–H and O–H groups in total. The van der Waals surface area contributed by atoms with Crippen molar-refractivity contribution in [1.29, 1.82) is 0 Å². The molecule has 0 spiro atoms. The zero-order valence-electron chi connectivity index (χ0n) is 14.8. The Hall–Kier alpha value is -2.86. The molecule has 1 aromatic heterocycles. The molecule has 0 amide bonds. The molecule has 2 rings (SSSR count). The standard InChI is InChI=1S/C16H13F8N3O2/c1-27-9(6-10(28)7-4-3-5-8(25)12(7)29-2)11(15(19,20)21)13(26-27)14(17,18)16(22,23)24/h3-5H,6,25H2,1-2H3. The number of halogens is 8. The van der Waals surface area contributed by atoms with Crippen molar-refractivity contribution in [3.8, 4) is 5.75 Å². The van der Waals surface area contributed by atoms with Crippen molar-refractivity contribution in [3.05, 3.63) is 40.7 Å². The third-order valence-electron chi connectivity index (χ3n) is 3.98. The highest BCUT2D eigenvalue weighted by atomic mass is 19.4. The molecule has 0 saturated carbocycles. The SMILES string of the molecule is COc1c(N)cccc1C(=O)Cc1c(C(F)(F)F)c(C(F)(F)C(F)(F)F)nn1C. The summed E-state index contributed by atoms with van der Waals surface area (Å²) < 4.78 is 110. The van der Waals surface area contributed by atoms with Crippen molar-refractivity contribution in [2.24, 2.45) is 7.05 Å². The van der Waals surface area contributed by atoms with E-state index in [2.05, 4.69) is 5.10 Å². The van der Waals surface area contributed by atoms with E-state index in [0.717, 1.165) is 20.2 Å². The summed E-state index contributed by atoms with van der Waals surface area (Å²) in [7, 11) is 1.86. The van der Waals surface area contributed by atoms with Crippen LogP contribution in [-0.4, -0.2) is 28.8 Å². The first-order valence-corrected chi connectivity index (χ1v) is 7.66.